The minimum atomic E-state index is -0.985. The van der Waals surface area contributed by atoms with E-state index in [0.29, 0.717) is 22.6 Å². The van der Waals surface area contributed by atoms with E-state index in [1.165, 1.54) is 13.1 Å². The quantitative estimate of drug-likeness (QED) is 0.400. The average molecular weight is 388 g/mol. The zero-order chi connectivity index (χ0) is 20.7. The molecule has 1 amide bonds. The molecular weight excluding hydrogens is 363 g/mol. The number of benzene rings is 2. The normalized spacial score (nSPS) is 13.7. The van der Waals surface area contributed by atoms with Gasteiger partial charge in [-0.1, -0.05) is 18.2 Å². The average Bonchev–Trinajstić information content (AvgIpc) is 2.69. The number of hydrogen-bond donors (Lipinski definition) is 4. The lowest BCUT2D eigenvalue weighted by Crippen LogP contribution is -2.55. The van der Waals surface area contributed by atoms with Crippen LogP contribution < -0.4 is 21.5 Å². The van der Waals surface area contributed by atoms with Gasteiger partial charge in [0.25, 0.3) is 5.91 Å². The third kappa shape index (κ3) is 5.05. The van der Waals surface area contributed by atoms with E-state index in [1.54, 1.807) is 43.3 Å². The number of nitrogens with one attached hydrogen (secondary N) is 1. The highest BCUT2D eigenvalue weighted by atomic mass is 19.1. The summed E-state index contributed by atoms with van der Waals surface area (Å²) in [4.78, 5) is 16.7. The molecule has 150 valence electrons. The number of aliphatic hydroxyl groups excluding tert-OH is 1. The number of nitrogens with zero attached hydrogens (tertiary/aromatic N) is 1. The SMILES string of the molecule is CN=C(C(=O)NC(C)(CN)CO)c1cc(OCc2ccccc2F)ccc1N. The molecule has 0 aliphatic heterocycles. The van der Waals surface area contributed by atoms with Crippen LogP contribution in [-0.2, 0) is 11.4 Å². The van der Waals surface area contributed by atoms with Crippen LogP contribution >= 0.6 is 0 Å². The van der Waals surface area contributed by atoms with Crippen LogP contribution in [-0.4, -0.2) is 42.5 Å². The highest BCUT2D eigenvalue weighted by Gasteiger charge is 2.27. The lowest BCUT2D eigenvalue weighted by atomic mass is 10.0. The first-order chi connectivity index (χ1) is 13.3. The number of rotatable bonds is 8. The number of ether oxygens (including phenoxy) is 1. The van der Waals surface area contributed by atoms with E-state index >= 15 is 0 Å². The molecule has 0 saturated heterocycles. The third-order valence-corrected chi connectivity index (χ3v) is 4.29. The van der Waals surface area contributed by atoms with Crippen molar-refractivity contribution >= 4 is 17.3 Å². The summed E-state index contributed by atoms with van der Waals surface area (Å²) in [7, 11) is 1.46. The van der Waals surface area contributed by atoms with Crippen molar-refractivity contribution in [2.75, 3.05) is 25.9 Å². The highest BCUT2D eigenvalue weighted by molar-refractivity contribution is 6.46. The molecule has 0 aliphatic rings. The predicted molar refractivity (Wildman–Crippen MR) is 107 cm³/mol. The summed E-state index contributed by atoms with van der Waals surface area (Å²) in [5, 5.41) is 12.1. The molecule has 0 aromatic heterocycles. The van der Waals surface area contributed by atoms with Gasteiger partial charge < -0.3 is 26.6 Å². The molecule has 2 aromatic carbocycles. The standard InChI is InChI=1S/C20H25FN4O3/c1-20(11-22,12-26)25-19(27)18(24-2)15-9-14(7-8-17(15)23)28-10-13-5-3-4-6-16(13)21/h3-9,26H,10-12,22-23H2,1-2H3,(H,25,27). The Morgan fingerprint density at radius 3 is 2.64 bits per heavy atom. The number of aliphatic imine (C=N–C) groups is 1. The van der Waals surface area contributed by atoms with Crippen LogP contribution in [0.3, 0.4) is 0 Å². The number of anilines is 1. The second-order valence-corrected chi connectivity index (χ2v) is 6.58. The number of hydrogen-bond acceptors (Lipinski definition) is 6. The smallest absolute Gasteiger partial charge is 0.270 e. The van der Waals surface area contributed by atoms with Crippen LogP contribution in [0.5, 0.6) is 5.75 Å². The van der Waals surface area contributed by atoms with Gasteiger partial charge in [0.15, 0.2) is 0 Å². The first-order valence-electron chi connectivity index (χ1n) is 8.70. The second kappa shape index (κ2) is 9.29. The Bertz CT molecular complexity index is 866. The van der Waals surface area contributed by atoms with Gasteiger partial charge in [-0.2, -0.15) is 0 Å². The van der Waals surface area contributed by atoms with Gasteiger partial charge in [0.1, 0.15) is 23.9 Å². The number of carbonyl (C=O) groups is 1. The van der Waals surface area contributed by atoms with Crippen molar-refractivity contribution < 1.29 is 19.0 Å². The number of amides is 1. The summed E-state index contributed by atoms with van der Waals surface area (Å²) in [6.45, 7) is 1.37. The van der Waals surface area contributed by atoms with Gasteiger partial charge in [0, 0.05) is 30.4 Å². The van der Waals surface area contributed by atoms with E-state index in [1.807, 2.05) is 0 Å². The fourth-order valence-corrected chi connectivity index (χ4v) is 2.44. The van der Waals surface area contributed by atoms with E-state index in [2.05, 4.69) is 10.3 Å². The van der Waals surface area contributed by atoms with E-state index in [9.17, 15) is 14.3 Å². The zero-order valence-corrected chi connectivity index (χ0v) is 15.9. The van der Waals surface area contributed by atoms with Gasteiger partial charge in [0.05, 0.1) is 12.1 Å². The number of nitrogen functional groups attached to an aromatic ring is 1. The molecule has 1 atom stereocenters. The minimum absolute atomic E-state index is 0.0244. The summed E-state index contributed by atoms with van der Waals surface area (Å²) in [5.41, 5.74) is 11.8. The Morgan fingerprint density at radius 1 is 1.32 bits per heavy atom. The highest BCUT2D eigenvalue weighted by Crippen LogP contribution is 2.22. The van der Waals surface area contributed by atoms with E-state index in [0.717, 1.165) is 0 Å². The van der Waals surface area contributed by atoms with E-state index in [-0.39, 0.29) is 31.3 Å². The molecule has 0 bridgehead atoms. The predicted octanol–water partition coefficient (Wildman–Crippen LogP) is 1.23. The Morgan fingerprint density at radius 2 is 2.04 bits per heavy atom. The van der Waals surface area contributed by atoms with E-state index in [4.69, 9.17) is 16.2 Å². The van der Waals surface area contributed by atoms with E-state index < -0.39 is 11.4 Å². The molecule has 0 heterocycles. The van der Waals surface area contributed by atoms with Gasteiger partial charge in [-0.15, -0.1) is 0 Å². The van der Waals surface area contributed by atoms with Gasteiger partial charge >= 0.3 is 0 Å². The van der Waals surface area contributed by atoms with Crippen molar-refractivity contribution in [3.05, 3.63) is 59.4 Å². The Labute approximate surface area is 163 Å². The molecule has 2 aromatic rings. The second-order valence-electron chi connectivity index (χ2n) is 6.58. The van der Waals surface area contributed by atoms with Crippen LogP contribution in [0.1, 0.15) is 18.1 Å². The maximum absolute atomic E-state index is 13.7. The van der Waals surface area contributed by atoms with Gasteiger partial charge in [0.2, 0.25) is 0 Å². The molecule has 0 fully saturated rings. The van der Waals surface area contributed by atoms with Gasteiger partial charge in [-0.05, 0) is 31.2 Å². The molecule has 7 nitrogen and oxygen atoms in total. The minimum Gasteiger partial charge on any atom is -0.489 e. The molecule has 0 aliphatic carbocycles. The summed E-state index contributed by atoms with van der Waals surface area (Å²) < 4.78 is 19.4. The van der Waals surface area contributed by atoms with Crippen LogP contribution in [0.4, 0.5) is 10.1 Å². The summed E-state index contributed by atoms with van der Waals surface area (Å²) in [6, 6.07) is 11.1. The Balaban J connectivity index is 2.23. The maximum Gasteiger partial charge on any atom is 0.270 e. The largest absolute Gasteiger partial charge is 0.489 e. The molecule has 28 heavy (non-hydrogen) atoms. The van der Waals surface area contributed by atoms with Gasteiger partial charge in [-0.3, -0.25) is 9.79 Å². The monoisotopic (exact) mass is 388 g/mol. The Hall–Kier alpha value is -2.97. The van der Waals surface area contributed by atoms with Crippen molar-refractivity contribution in [2.45, 2.75) is 19.1 Å². The number of nitrogens with two attached hydrogens (primary N) is 2. The first kappa shape index (κ1) is 21.3. The molecule has 6 N–H and O–H groups in total. The fourth-order valence-electron chi connectivity index (χ4n) is 2.44. The molecule has 0 saturated carbocycles. The van der Waals surface area contributed by atoms with Crippen molar-refractivity contribution in [1.82, 2.24) is 5.32 Å². The fraction of sp³-hybridized carbons (Fsp3) is 0.300. The van der Waals surface area contributed by atoms with Crippen molar-refractivity contribution in [1.29, 1.82) is 0 Å². The maximum atomic E-state index is 13.7. The number of halogens is 1. The Kier molecular flexibility index (Phi) is 7.08. The lowest BCUT2D eigenvalue weighted by Gasteiger charge is -2.27. The summed E-state index contributed by atoms with van der Waals surface area (Å²) in [6.07, 6.45) is 0. The van der Waals surface area contributed by atoms with Crippen LogP contribution in [0.15, 0.2) is 47.5 Å². The number of carbonyl (C=O) groups excluding carboxylic acids is 1. The van der Waals surface area contributed by atoms with Crippen LogP contribution in [0, 0.1) is 5.82 Å². The van der Waals surface area contributed by atoms with Crippen molar-refractivity contribution in [3.8, 4) is 5.75 Å². The van der Waals surface area contributed by atoms with Crippen LogP contribution in [0.25, 0.3) is 0 Å². The molecule has 1 unspecified atom stereocenters. The lowest BCUT2D eigenvalue weighted by molar-refractivity contribution is -0.116. The molecular formula is C20H25FN4O3. The van der Waals surface area contributed by atoms with Crippen LogP contribution in [0.2, 0.25) is 0 Å². The van der Waals surface area contributed by atoms with Crippen molar-refractivity contribution in [2.24, 2.45) is 10.7 Å². The molecule has 2 rings (SSSR count). The topological polar surface area (TPSA) is 123 Å². The number of aliphatic hydroxyl groups is 1. The molecule has 8 heteroatoms. The first-order valence-corrected chi connectivity index (χ1v) is 8.70. The summed E-state index contributed by atoms with van der Waals surface area (Å²) in [5.74, 6) is -0.481. The third-order valence-electron chi connectivity index (χ3n) is 4.29. The van der Waals surface area contributed by atoms with Crippen molar-refractivity contribution in [3.63, 3.8) is 0 Å². The summed E-state index contributed by atoms with van der Waals surface area (Å²) >= 11 is 0. The molecule has 0 radical (unpaired) electrons. The zero-order valence-electron chi connectivity index (χ0n) is 15.9. The molecule has 0 spiro atoms. The van der Waals surface area contributed by atoms with Gasteiger partial charge in [-0.25, -0.2) is 4.39 Å².